The lowest BCUT2D eigenvalue weighted by Gasteiger charge is -2.08. The highest BCUT2D eigenvalue weighted by atomic mass is 35.5. The molecule has 0 aliphatic heterocycles. The summed E-state index contributed by atoms with van der Waals surface area (Å²) in [6.45, 7) is 0. The molecule has 1 heterocycles. The Hall–Kier alpha value is -1.86. The fourth-order valence-electron chi connectivity index (χ4n) is 1.27. The van der Waals surface area contributed by atoms with E-state index in [1.165, 1.54) is 24.5 Å². The van der Waals surface area contributed by atoms with E-state index < -0.39 is 10.0 Å². The lowest BCUT2D eigenvalue weighted by atomic mass is 10.3. The van der Waals surface area contributed by atoms with Gasteiger partial charge in [0, 0.05) is 0 Å². The molecule has 94 valence electrons. The van der Waals surface area contributed by atoms with Crippen molar-refractivity contribution in [2.45, 2.75) is 4.90 Å². The van der Waals surface area contributed by atoms with E-state index in [2.05, 4.69) is 14.7 Å². The smallest absolute Gasteiger partial charge is 0.266 e. The van der Waals surface area contributed by atoms with Gasteiger partial charge in [-0.2, -0.15) is 0 Å². The van der Waals surface area contributed by atoms with Crippen LogP contribution < -0.4 is 10.5 Å². The summed E-state index contributed by atoms with van der Waals surface area (Å²) in [5.74, 6) is -0.0670. The second-order valence-corrected chi connectivity index (χ2v) is 5.46. The van der Waals surface area contributed by atoms with E-state index in [4.69, 9.17) is 17.3 Å². The third-order valence-electron chi connectivity index (χ3n) is 2.05. The van der Waals surface area contributed by atoms with Crippen molar-refractivity contribution in [3.63, 3.8) is 0 Å². The number of halogens is 1. The molecule has 2 aromatic rings. The molecular weight excluding hydrogens is 276 g/mol. The maximum Gasteiger partial charge on any atom is 0.266 e. The Morgan fingerprint density at radius 1 is 1.17 bits per heavy atom. The minimum Gasteiger partial charge on any atom is -0.398 e. The van der Waals surface area contributed by atoms with E-state index in [0.29, 0.717) is 5.02 Å². The fourth-order valence-corrected chi connectivity index (χ4v) is 2.45. The average Bonchev–Trinajstić information content (AvgIpc) is 2.32. The molecule has 0 spiro atoms. The van der Waals surface area contributed by atoms with Gasteiger partial charge < -0.3 is 5.73 Å². The van der Waals surface area contributed by atoms with Gasteiger partial charge in [-0.1, -0.05) is 23.7 Å². The maximum absolute atomic E-state index is 12.0. The summed E-state index contributed by atoms with van der Waals surface area (Å²) >= 11 is 5.60. The summed E-state index contributed by atoms with van der Waals surface area (Å²) in [7, 11) is -3.80. The number of nitrogen functional groups attached to an aromatic ring is 1. The molecule has 0 fully saturated rings. The van der Waals surface area contributed by atoms with Crippen LogP contribution in [0.4, 0.5) is 11.6 Å². The molecule has 0 atom stereocenters. The molecule has 18 heavy (non-hydrogen) atoms. The lowest BCUT2D eigenvalue weighted by Crippen LogP contribution is -2.16. The van der Waals surface area contributed by atoms with E-state index in [0.717, 1.165) is 0 Å². The van der Waals surface area contributed by atoms with Crippen molar-refractivity contribution in [1.29, 1.82) is 0 Å². The third-order valence-corrected chi connectivity index (χ3v) is 3.65. The Kier molecular flexibility index (Phi) is 3.35. The number of anilines is 2. The van der Waals surface area contributed by atoms with Crippen molar-refractivity contribution < 1.29 is 8.42 Å². The molecule has 1 aromatic heterocycles. The zero-order chi connectivity index (χ0) is 13.2. The van der Waals surface area contributed by atoms with Gasteiger partial charge in [0.2, 0.25) is 5.95 Å². The Balaban J connectivity index is 2.33. The maximum atomic E-state index is 12.0. The molecule has 2 rings (SSSR count). The molecule has 6 nitrogen and oxygen atoms in total. The predicted molar refractivity (Wildman–Crippen MR) is 68.7 cm³/mol. The first kappa shape index (κ1) is 12.6. The topological polar surface area (TPSA) is 98.0 Å². The number of aromatic nitrogens is 2. The Morgan fingerprint density at radius 2 is 1.78 bits per heavy atom. The number of hydrogen-bond donors (Lipinski definition) is 2. The Bertz CT molecular complexity index is 658. The molecule has 0 aliphatic carbocycles. The van der Waals surface area contributed by atoms with Gasteiger partial charge in [0.05, 0.1) is 23.1 Å². The van der Waals surface area contributed by atoms with Crippen molar-refractivity contribution in [2.75, 3.05) is 10.5 Å². The number of nitrogens with two attached hydrogens (primary N) is 1. The summed E-state index contributed by atoms with van der Waals surface area (Å²) in [5, 5.41) is 0.317. The van der Waals surface area contributed by atoms with Crippen LogP contribution in [-0.2, 0) is 10.0 Å². The van der Waals surface area contributed by atoms with Crippen LogP contribution in [0.5, 0.6) is 0 Å². The number of sulfonamides is 1. The van der Waals surface area contributed by atoms with Gasteiger partial charge in [-0.05, 0) is 12.1 Å². The van der Waals surface area contributed by atoms with Gasteiger partial charge in [-0.25, -0.2) is 23.1 Å². The van der Waals surface area contributed by atoms with E-state index in [1.54, 1.807) is 12.1 Å². The van der Waals surface area contributed by atoms with Crippen LogP contribution in [0.25, 0.3) is 0 Å². The first-order chi connectivity index (χ1) is 8.49. The normalized spacial score (nSPS) is 11.2. The molecule has 8 heteroatoms. The van der Waals surface area contributed by atoms with Gasteiger partial charge in [0.1, 0.15) is 4.90 Å². The molecule has 0 unspecified atom stereocenters. The highest BCUT2D eigenvalue weighted by molar-refractivity contribution is 7.92. The molecule has 1 aromatic carbocycles. The van der Waals surface area contributed by atoms with Gasteiger partial charge in [-0.15, -0.1) is 0 Å². The van der Waals surface area contributed by atoms with Gasteiger partial charge in [0.15, 0.2) is 0 Å². The molecule has 0 bridgehead atoms. The number of nitrogens with one attached hydrogen (secondary N) is 1. The van der Waals surface area contributed by atoms with Crippen LogP contribution in [0.15, 0.2) is 41.6 Å². The number of rotatable bonds is 3. The molecular formula is C10H9ClN4O2S. The minimum atomic E-state index is -3.80. The number of hydrogen-bond acceptors (Lipinski definition) is 5. The second-order valence-electron chi connectivity index (χ2n) is 3.37. The second kappa shape index (κ2) is 4.79. The van der Waals surface area contributed by atoms with Crippen LogP contribution in [0.1, 0.15) is 0 Å². The van der Waals surface area contributed by atoms with Gasteiger partial charge in [-0.3, -0.25) is 0 Å². The van der Waals surface area contributed by atoms with E-state index in [-0.39, 0.29) is 16.5 Å². The number of para-hydroxylation sites is 1. The van der Waals surface area contributed by atoms with Crippen molar-refractivity contribution in [1.82, 2.24) is 9.97 Å². The summed E-state index contributed by atoms with van der Waals surface area (Å²) < 4.78 is 26.2. The van der Waals surface area contributed by atoms with Crippen LogP contribution in [0, 0.1) is 0 Å². The summed E-state index contributed by atoms with van der Waals surface area (Å²) in [6, 6.07) is 6.12. The molecule has 3 N–H and O–H groups in total. The monoisotopic (exact) mass is 284 g/mol. The third kappa shape index (κ3) is 2.69. The molecule has 0 saturated heterocycles. The zero-order valence-electron chi connectivity index (χ0n) is 9.04. The van der Waals surface area contributed by atoms with Crippen LogP contribution in [-0.4, -0.2) is 18.4 Å². The highest BCUT2D eigenvalue weighted by Crippen LogP contribution is 2.19. The number of benzene rings is 1. The van der Waals surface area contributed by atoms with Crippen molar-refractivity contribution in [2.24, 2.45) is 0 Å². The predicted octanol–water partition coefficient (Wildman–Crippen LogP) is 1.51. The SMILES string of the molecule is Nc1ccccc1S(=O)(=O)Nc1ncc(Cl)cn1. The largest absolute Gasteiger partial charge is 0.398 e. The van der Waals surface area contributed by atoms with Crippen LogP contribution in [0.3, 0.4) is 0 Å². The lowest BCUT2D eigenvalue weighted by molar-refractivity contribution is 0.601. The first-order valence-electron chi connectivity index (χ1n) is 4.84. The van der Waals surface area contributed by atoms with E-state index >= 15 is 0 Å². The van der Waals surface area contributed by atoms with Crippen molar-refractivity contribution >= 4 is 33.3 Å². The first-order valence-corrected chi connectivity index (χ1v) is 6.70. The fraction of sp³-hybridized carbons (Fsp3) is 0. The van der Waals surface area contributed by atoms with Crippen LogP contribution >= 0.6 is 11.6 Å². The standard InChI is InChI=1S/C10H9ClN4O2S/c11-7-5-13-10(14-6-7)15-18(16,17)9-4-2-1-3-8(9)12/h1-6H,12H2,(H,13,14,15). The van der Waals surface area contributed by atoms with Crippen molar-refractivity contribution in [3.05, 3.63) is 41.7 Å². The summed E-state index contributed by atoms with van der Waals surface area (Å²) in [5.41, 5.74) is 5.76. The molecule has 0 radical (unpaired) electrons. The minimum absolute atomic E-state index is 0.0245. The zero-order valence-corrected chi connectivity index (χ0v) is 10.6. The van der Waals surface area contributed by atoms with Gasteiger partial charge in [0.25, 0.3) is 10.0 Å². The van der Waals surface area contributed by atoms with E-state index in [1.807, 2.05) is 0 Å². The summed E-state index contributed by atoms with van der Waals surface area (Å²) in [6.07, 6.45) is 2.58. The Morgan fingerprint density at radius 3 is 2.39 bits per heavy atom. The Labute approximate surface area is 109 Å². The highest BCUT2D eigenvalue weighted by Gasteiger charge is 2.17. The average molecular weight is 285 g/mol. The van der Waals surface area contributed by atoms with Crippen LogP contribution in [0.2, 0.25) is 5.02 Å². The number of nitrogens with zero attached hydrogens (tertiary/aromatic N) is 2. The summed E-state index contributed by atoms with van der Waals surface area (Å²) in [4.78, 5) is 7.46. The quantitative estimate of drug-likeness (QED) is 0.833. The molecule has 0 saturated carbocycles. The van der Waals surface area contributed by atoms with Crippen molar-refractivity contribution in [3.8, 4) is 0 Å². The molecule has 0 amide bonds. The van der Waals surface area contributed by atoms with Gasteiger partial charge >= 0.3 is 0 Å². The van der Waals surface area contributed by atoms with E-state index in [9.17, 15) is 8.42 Å². The molecule has 0 aliphatic rings.